The molecule has 0 aliphatic carbocycles. The lowest BCUT2D eigenvalue weighted by molar-refractivity contribution is 0.938. The third-order valence-corrected chi connectivity index (χ3v) is 7.75. The van der Waals surface area contributed by atoms with Gasteiger partial charge in [0.05, 0.1) is 24.8 Å². The molecule has 46 heavy (non-hydrogen) atoms. The third-order valence-electron chi connectivity index (χ3n) is 7.75. The van der Waals surface area contributed by atoms with Gasteiger partial charge in [-0.15, -0.1) is 20.4 Å². The Bertz CT molecular complexity index is 2170. The van der Waals surface area contributed by atoms with Crippen molar-refractivity contribution in [3.05, 3.63) is 144 Å². The predicted octanol–water partition coefficient (Wildman–Crippen LogP) is 5.83. The van der Waals surface area contributed by atoms with Crippen molar-refractivity contribution in [3.63, 3.8) is 0 Å². The predicted molar refractivity (Wildman–Crippen MR) is 172 cm³/mol. The maximum atomic E-state index is 4.55. The smallest absolute Gasteiger partial charge is 0.114 e. The highest BCUT2D eigenvalue weighted by molar-refractivity contribution is 6.11. The summed E-state index contributed by atoms with van der Waals surface area (Å²) in [5, 5.41) is 45.8. The molecule has 4 aromatic heterocycles. The molecular formula is C34H24N12. The Hall–Kier alpha value is -6.82. The minimum Gasteiger partial charge on any atom is -0.265 e. The summed E-state index contributed by atoms with van der Waals surface area (Å²) in [5.41, 5.74) is 11.3. The van der Waals surface area contributed by atoms with Crippen LogP contribution in [0.4, 0.5) is 0 Å². The van der Waals surface area contributed by atoms with Crippen LogP contribution in [0.25, 0.3) is 56.2 Å². The molecule has 220 valence electrons. The lowest BCUT2D eigenvalue weighted by Gasteiger charge is -2.24. The summed E-state index contributed by atoms with van der Waals surface area (Å²) in [7, 11) is 0. The zero-order chi connectivity index (χ0) is 30.7. The quantitative estimate of drug-likeness (QED) is 0.158. The van der Waals surface area contributed by atoms with Gasteiger partial charge in [0.25, 0.3) is 0 Å². The maximum Gasteiger partial charge on any atom is 0.114 e. The fraction of sp³-hybridized carbons (Fsp3) is 0. The minimum atomic E-state index is 0.580. The second-order valence-electron chi connectivity index (χ2n) is 10.4. The van der Waals surface area contributed by atoms with E-state index in [-0.39, 0.29) is 0 Å². The molecule has 0 unspecified atom stereocenters. The van der Waals surface area contributed by atoms with Gasteiger partial charge in [-0.3, -0.25) is 20.4 Å². The largest absolute Gasteiger partial charge is 0.265 e. The molecule has 0 spiro atoms. The first-order valence-corrected chi connectivity index (χ1v) is 14.5. The van der Waals surface area contributed by atoms with Crippen LogP contribution in [0.3, 0.4) is 0 Å². The summed E-state index contributed by atoms with van der Waals surface area (Å²) in [6, 6.07) is 33.2. The molecule has 8 rings (SSSR count). The monoisotopic (exact) mass is 600 g/mol. The van der Waals surface area contributed by atoms with Gasteiger partial charge in [0.15, 0.2) is 0 Å². The van der Waals surface area contributed by atoms with E-state index < -0.39 is 0 Å². The molecule has 0 fully saturated rings. The number of hydrogen-bond acceptors (Lipinski definition) is 8. The number of aromatic amines is 4. The zero-order valence-electron chi connectivity index (χ0n) is 24.1. The molecule has 4 aromatic carbocycles. The second kappa shape index (κ2) is 11.7. The number of hydrogen-bond donors (Lipinski definition) is 4. The van der Waals surface area contributed by atoms with Crippen molar-refractivity contribution >= 4 is 11.1 Å². The van der Waals surface area contributed by atoms with Crippen molar-refractivity contribution in [1.29, 1.82) is 0 Å². The van der Waals surface area contributed by atoms with E-state index in [4.69, 9.17) is 0 Å². The van der Waals surface area contributed by atoms with Crippen molar-refractivity contribution in [1.82, 2.24) is 61.6 Å². The molecular weight excluding hydrogens is 576 g/mol. The van der Waals surface area contributed by atoms with E-state index in [1.165, 1.54) is 0 Å². The number of H-pyrrole nitrogens is 4. The van der Waals surface area contributed by atoms with Gasteiger partial charge in [0, 0.05) is 22.3 Å². The molecule has 4 heterocycles. The molecule has 0 bridgehead atoms. The molecule has 0 atom stereocenters. The van der Waals surface area contributed by atoms with Gasteiger partial charge in [-0.05, 0) is 39.5 Å². The highest BCUT2D eigenvalue weighted by atomic mass is 15.3. The molecule has 0 amide bonds. The number of rotatable bonds is 8. The Kier molecular flexibility index (Phi) is 6.81. The third kappa shape index (κ3) is 4.75. The van der Waals surface area contributed by atoms with Crippen molar-refractivity contribution in [2.75, 3.05) is 0 Å². The van der Waals surface area contributed by atoms with Crippen molar-refractivity contribution in [2.24, 2.45) is 0 Å². The highest BCUT2D eigenvalue weighted by Crippen LogP contribution is 2.49. The Morgan fingerprint density at radius 2 is 0.783 bits per heavy atom. The van der Waals surface area contributed by atoms with Crippen LogP contribution in [0.15, 0.2) is 122 Å². The standard InChI is InChI=1S/C34H24N12/c1-4-10-21(11-5-1)30(22-12-6-2-7-13-22)31(23-14-8-3-9-15-23)25-16-24(26-17-35-43-39-26)32(27-18-36-44-40-27)34(29-20-38-46-42-29)33(25)28-19-37-45-41-28/h1-20H,(H,35,39,43)(H,36,40,44)(H,37,41,45)(H,38,42,46). The average Bonchev–Trinajstić information content (AvgIpc) is 3.96. The Morgan fingerprint density at radius 1 is 0.391 bits per heavy atom. The molecule has 0 saturated heterocycles. The van der Waals surface area contributed by atoms with Gasteiger partial charge in [-0.25, -0.2) is 0 Å². The Morgan fingerprint density at radius 3 is 1.22 bits per heavy atom. The van der Waals surface area contributed by atoms with Crippen molar-refractivity contribution < 1.29 is 0 Å². The number of nitrogens with zero attached hydrogens (tertiary/aromatic N) is 8. The number of benzene rings is 4. The van der Waals surface area contributed by atoms with Gasteiger partial charge in [-0.1, -0.05) is 112 Å². The van der Waals surface area contributed by atoms with Crippen LogP contribution >= 0.6 is 0 Å². The van der Waals surface area contributed by atoms with Gasteiger partial charge in [0.1, 0.15) is 22.8 Å². The SMILES string of the molecule is c1ccc(C(=C(c2ccccc2)c2cc(-c3c[nH]nn3)c(-c3c[nH]nn3)c(-c3c[nH]nn3)c2-c2c[nH]nn2)c2ccccc2)cc1. The first kappa shape index (κ1) is 26.8. The fourth-order valence-corrected chi connectivity index (χ4v) is 5.88. The molecule has 12 nitrogen and oxygen atoms in total. The Labute approximate surface area is 261 Å². The number of aromatic nitrogens is 12. The summed E-state index contributed by atoms with van der Waals surface area (Å²) in [6.07, 6.45) is 7.02. The van der Waals surface area contributed by atoms with Crippen LogP contribution in [0.2, 0.25) is 0 Å². The van der Waals surface area contributed by atoms with Gasteiger partial charge in [0.2, 0.25) is 0 Å². The van der Waals surface area contributed by atoms with Crippen LogP contribution in [0.1, 0.15) is 22.3 Å². The fourth-order valence-electron chi connectivity index (χ4n) is 5.88. The van der Waals surface area contributed by atoms with Crippen LogP contribution < -0.4 is 0 Å². The summed E-state index contributed by atoms with van der Waals surface area (Å²) < 4.78 is 0. The summed E-state index contributed by atoms with van der Waals surface area (Å²) in [5.74, 6) is 0. The van der Waals surface area contributed by atoms with E-state index in [9.17, 15) is 0 Å². The van der Waals surface area contributed by atoms with Gasteiger partial charge < -0.3 is 0 Å². The van der Waals surface area contributed by atoms with E-state index in [1.54, 1.807) is 24.8 Å². The van der Waals surface area contributed by atoms with Crippen LogP contribution in [-0.4, -0.2) is 61.6 Å². The zero-order valence-corrected chi connectivity index (χ0v) is 24.1. The summed E-state index contributed by atoms with van der Waals surface area (Å²) in [6.45, 7) is 0. The minimum absolute atomic E-state index is 0.580. The molecule has 0 saturated carbocycles. The van der Waals surface area contributed by atoms with E-state index in [0.717, 1.165) is 55.7 Å². The first-order chi connectivity index (χ1) is 22.9. The average molecular weight is 601 g/mol. The van der Waals surface area contributed by atoms with E-state index in [2.05, 4.69) is 128 Å². The van der Waals surface area contributed by atoms with Crippen LogP contribution in [-0.2, 0) is 0 Å². The van der Waals surface area contributed by atoms with Crippen LogP contribution in [0.5, 0.6) is 0 Å². The van der Waals surface area contributed by atoms with Gasteiger partial charge in [-0.2, -0.15) is 0 Å². The second-order valence-corrected chi connectivity index (χ2v) is 10.4. The molecule has 0 aliphatic rings. The molecule has 4 N–H and O–H groups in total. The maximum absolute atomic E-state index is 4.55. The normalized spacial score (nSPS) is 11.0. The summed E-state index contributed by atoms with van der Waals surface area (Å²) in [4.78, 5) is 0. The number of nitrogens with one attached hydrogen (secondary N) is 4. The van der Waals surface area contributed by atoms with Crippen LogP contribution in [0, 0.1) is 0 Å². The van der Waals surface area contributed by atoms with E-state index >= 15 is 0 Å². The first-order valence-electron chi connectivity index (χ1n) is 14.5. The van der Waals surface area contributed by atoms with Crippen molar-refractivity contribution in [2.45, 2.75) is 0 Å². The summed E-state index contributed by atoms with van der Waals surface area (Å²) >= 11 is 0. The topological polar surface area (TPSA) is 166 Å². The molecule has 0 radical (unpaired) electrons. The molecule has 0 aliphatic heterocycles. The Balaban J connectivity index is 1.63. The van der Waals surface area contributed by atoms with Gasteiger partial charge >= 0.3 is 0 Å². The lowest BCUT2D eigenvalue weighted by atomic mass is 9.79. The molecule has 8 aromatic rings. The highest BCUT2D eigenvalue weighted by Gasteiger charge is 2.30. The van der Waals surface area contributed by atoms with Crippen molar-refractivity contribution in [3.8, 4) is 45.0 Å². The molecule has 12 heteroatoms. The van der Waals surface area contributed by atoms with E-state index in [1.807, 2.05) is 30.3 Å². The van der Waals surface area contributed by atoms with E-state index in [0.29, 0.717) is 22.8 Å². The lowest BCUT2D eigenvalue weighted by Crippen LogP contribution is -2.04.